The van der Waals surface area contributed by atoms with Crippen LogP contribution in [0.2, 0.25) is 0 Å². The number of nitrogens with one attached hydrogen (secondary N) is 2. The molecule has 0 aliphatic carbocycles. The molecule has 16 heavy (non-hydrogen) atoms. The molecule has 0 radical (unpaired) electrons. The van der Waals surface area contributed by atoms with Crippen molar-refractivity contribution in [3.05, 3.63) is 5.82 Å². The van der Waals surface area contributed by atoms with E-state index in [1.54, 1.807) is 0 Å². The smallest absolute Gasteiger partial charge is 0.245 e. The quantitative estimate of drug-likeness (QED) is 0.771. The van der Waals surface area contributed by atoms with E-state index >= 15 is 0 Å². The van der Waals surface area contributed by atoms with E-state index < -0.39 is 0 Å². The lowest BCUT2D eigenvalue weighted by molar-refractivity contribution is 0.592. The minimum atomic E-state index is 0.405. The topological polar surface area (TPSA) is 56.8 Å². The van der Waals surface area contributed by atoms with Gasteiger partial charge in [0.25, 0.3) is 0 Å². The molecule has 0 atom stereocenters. The van der Waals surface area contributed by atoms with Crippen LogP contribution >= 0.6 is 0 Å². The van der Waals surface area contributed by atoms with Crippen molar-refractivity contribution in [2.45, 2.75) is 53.2 Å². The molecule has 5 heteroatoms. The summed E-state index contributed by atoms with van der Waals surface area (Å²) in [5, 5.41) is 10.5. The van der Waals surface area contributed by atoms with E-state index in [-0.39, 0.29) is 0 Å². The summed E-state index contributed by atoms with van der Waals surface area (Å²) in [6.45, 7) is 12.4. The molecule has 1 aromatic heterocycles. The number of nitrogens with zero attached hydrogens (tertiary/aromatic N) is 3. The van der Waals surface area contributed by atoms with Gasteiger partial charge in [0.2, 0.25) is 5.95 Å². The van der Waals surface area contributed by atoms with Crippen molar-refractivity contribution < 1.29 is 0 Å². The molecule has 5 nitrogen and oxygen atoms in total. The number of hydrogen-bond acceptors (Lipinski definition) is 4. The van der Waals surface area contributed by atoms with Gasteiger partial charge in [-0.15, -0.1) is 5.10 Å². The molecule has 0 unspecified atom stereocenters. The molecule has 0 bridgehead atoms. The summed E-state index contributed by atoms with van der Waals surface area (Å²) in [6.07, 6.45) is 0. The zero-order chi connectivity index (χ0) is 12.1. The van der Waals surface area contributed by atoms with Crippen LogP contribution in [0, 0.1) is 0 Å². The molecule has 1 heterocycles. The largest absolute Gasteiger partial charge is 0.335 e. The van der Waals surface area contributed by atoms with E-state index in [9.17, 15) is 0 Å². The number of aromatic nitrogens is 3. The van der Waals surface area contributed by atoms with Crippen LogP contribution in [0.4, 0.5) is 5.95 Å². The first-order valence-electron chi connectivity index (χ1n) is 5.96. The normalized spacial score (nSPS) is 11.4. The van der Waals surface area contributed by atoms with Crippen LogP contribution in [-0.4, -0.2) is 33.8 Å². The Labute approximate surface area is 97.6 Å². The van der Waals surface area contributed by atoms with Crippen molar-refractivity contribution in [2.24, 2.45) is 0 Å². The van der Waals surface area contributed by atoms with Gasteiger partial charge in [0.15, 0.2) is 0 Å². The van der Waals surface area contributed by atoms with Crippen LogP contribution in [0.15, 0.2) is 0 Å². The third kappa shape index (κ3) is 3.20. The lowest BCUT2D eigenvalue weighted by Gasteiger charge is -2.29. The van der Waals surface area contributed by atoms with Crippen molar-refractivity contribution in [3.63, 3.8) is 0 Å². The van der Waals surface area contributed by atoms with Crippen LogP contribution < -0.4 is 10.2 Å². The van der Waals surface area contributed by atoms with Crippen LogP contribution in [0.5, 0.6) is 0 Å². The Morgan fingerprint density at radius 1 is 1.25 bits per heavy atom. The molecule has 0 aliphatic heterocycles. The lowest BCUT2D eigenvalue weighted by atomic mass is 10.2. The molecular weight excluding hydrogens is 202 g/mol. The van der Waals surface area contributed by atoms with E-state index in [0.29, 0.717) is 12.1 Å². The zero-order valence-electron chi connectivity index (χ0n) is 10.9. The van der Waals surface area contributed by atoms with Gasteiger partial charge in [-0.25, -0.2) is 0 Å². The zero-order valence-corrected chi connectivity index (χ0v) is 10.9. The molecule has 0 saturated heterocycles. The van der Waals surface area contributed by atoms with Crippen molar-refractivity contribution in [2.75, 3.05) is 11.4 Å². The van der Waals surface area contributed by atoms with Crippen LogP contribution in [-0.2, 0) is 6.54 Å². The van der Waals surface area contributed by atoms with Crippen LogP contribution in [0.1, 0.15) is 40.4 Å². The molecule has 0 spiro atoms. The maximum Gasteiger partial charge on any atom is 0.245 e. The molecule has 1 rings (SSSR count). The number of hydrogen-bond donors (Lipinski definition) is 2. The van der Waals surface area contributed by atoms with Gasteiger partial charge < -0.3 is 10.2 Å². The van der Waals surface area contributed by atoms with Crippen molar-refractivity contribution in [1.29, 1.82) is 0 Å². The van der Waals surface area contributed by atoms with Crippen LogP contribution in [0.3, 0.4) is 0 Å². The molecule has 0 aromatic carbocycles. The summed E-state index contributed by atoms with van der Waals surface area (Å²) >= 11 is 0. The summed E-state index contributed by atoms with van der Waals surface area (Å²) in [5.74, 6) is 1.68. The highest BCUT2D eigenvalue weighted by Crippen LogP contribution is 2.14. The van der Waals surface area contributed by atoms with Gasteiger partial charge in [-0.3, -0.25) is 5.10 Å². The maximum atomic E-state index is 4.49. The Bertz CT molecular complexity index is 297. The minimum absolute atomic E-state index is 0.405. The fraction of sp³-hybridized carbons (Fsp3) is 0.818. The number of rotatable bonds is 6. The molecule has 92 valence electrons. The Kier molecular flexibility index (Phi) is 4.73. The second-order valence-electron chi connectivity index (χ2n) is 4.46. The van der Waals surface area contributed by atoms with Gasteiger partial charge in [-0.1, -0.05) is 6.92 Å². The average molecular weight is 225 g/mol. The van der Waals surface area contributed by atoms with Crippen LogP contribution in [0.25, 0.3) is 0 Å². The van der Waals surface area contributed by atoms with Gasteiger partial charge in [-0.2, -0.15) is 4.98 Å². The van der Waals surface area contributed by atoms with Gasteiger partial charge in [0, 0.05) is 12.1 Å². The standard InChI is InChI=1S/C11H23N5/c1-6-12-7-10-13-11(15-14-10)16(8(2)3)9(4)5/h8-9,12H,6-7H2,1-5H3,(H,13,14,15). The fourth-order valence-electron chi connectivity index (χ4n) is 1.78. The molecule has 1 aromatic rings. The Balaban J connectivity index is 2.74. The van der Waals surface area contributed by atoms with E-state index in [2.05, 4.69) is 60.0 Å². The van der Waals surface area contributed by atoms with Crippen molar-refractivity contribution in [1.82, 2.24) is 20.5 Å². The summed E-state index contributed by atoms with van der Waals surface area (Å²) in [7, 11) is 0. The number of anilines is 1. The first kappa shape index (κ1) is 13.0. The molecular formula is C11H23N5. The summed E-state index contributed by atoms with van der Waals surface area (Å²) in [4.78, 5) is 6.69. The molecule has 0 saturated carbocycles. The van der Waals surface area contributed by atoms with Gasteiger partial charge >= 0.3 is 0 Å². The minimum Gasteiger partial charge on any atom is -0.335 e. The third-order valence-electron chi connectivity index (χ3n) is 2.41. The van der Waals surface area contributed by atoms with E-state index in [4.69, 9.17) is 0 Å². The molecule has 2 N–H and O–H groups in total. The monoisotopic (exact) mass is 225 g/mol. The highest BCUT2D eigenvalue weighted by atomic mass is 15.4. The highest BCUT2D eigenvalue weighted by Gasteiger charge is 2.18. The van der Waals surface area contributed by atoms with Gasteiger partial charge in [0.05, 0.1) is 6.54 Å². The van der Waals surface area contributed by atoms with Crippen molar-refractivity contribution >= 4 is 5.95 Å². The van der Waals surface area contributed by atoms with E-state index in [1.165, 1.54) is 0 Å². The maximum absolute atomic E-state index is 4.49. The molecule has 0 amide bonds. The van der Waals surface area contributed by atoms with Crippen molar-refractivity contribution in [3.8, 4) is 0 Å². The molecule has 0 fully saturated rings. The summed E-state index contributed by atoms with van der Waals surface area (Å²) in [6, 6.07) is 0.811. The second kappa shape index (κ2) is 5.84. The Morgan fingerprint density at radius 3 is 2.38 bits per heavy atom. The van der Waals surface area contributed by atoms with E-state index in [0.717, 1.165) is 24.9 Å². The summed E-state index contributed by atoms with van der Waals surface area (Å²) < 4.78 is 0. The lowest BCUT2D eigenvalue weighted by Crippen LogP contribution is -2.37. The second-order valence-corrected chi connectivity index (χ2v) is 4.46. The average Bonchev–Trinajstić information content (AvgIpc) is 2.62. The summed E-state index contributed by atoms with van der Waals surface area (Å²) in [5.41, 5.74) is 0. The Hall–Kier alpha value is -1.10. The Morgan fingerprint density at radius 2 is 1.88 bits per heavy atom. The predicted octanol–water partition coefficient (Wildman–Crippen LogP) is 1.54. The third-order valence-corrected chi connectivity index (χ3v) is 2.41. The highest BCUT2D eigenvalue weighted by molar-refractivity contribution is 5.31. The van der Waals surface area contributed by atoms with E-state index in [1.807, 2.05) is 0 Å². The fourth-order valence-corrected chi connectivity index (χ4v) is 1.78. The van der Waals surface area contributed by atoms with Gasteiger partial charge in [-0.05, 0) is 34.2 Å². The first-order valence-corrected chi connectivity index (χ1v) is 5.96. The van der Waals surface area contributed by atoms with Gasteiger partial charge in [0.1, 0.15) is 5.82 Å². The molecule has 0 aliphatic rings. The first-order chi connectivity index (χ1) is 7.56. The number of aromatic amines is 1. The number of H-pyrrole nitrogens is 1. The predicted molar refractivity (Wildman–Crippen MR) is 66.5 cm³/mol. The SMILES string of the molecule is CCNCc1nc(N(C(C)C)C(C)C)n[nH]1.